The summed E-state index contributed by atoms with van der Waals surface area (Å²) in [6.45, 7) is 7.13. The molecular formula is C11H20O3. The number of rotatable bonds is 2. The van der Waals surface area contributed by atoms with E-state index in [0.717, 1.165) is 12.8 Å². The molecule has 3 nitrogen and oxygen atoms in total. The van der Waals surface area contributed by atoms with Crippen molar-refractivity contribution in [2.45, 2.75) is 52.6 Å². The molecule has 82 valence electrons. The lowest BCUT2D eigenvalue weighted by molar-refractivity contribution is -0.179. The Morgan fingerprint density at radius 3 is 2.07 bits per heavy atom. The molecule has 0 heterocycles. The minimum Gasteiger partial charge on any atom is -0.481 e. The molecule has 1 aliphatic rings. The maximum atomic E-state index is 11.1. The molecule has 0 amide bonds. The van der Waals surface area contributed by atoms with E-state index in [1.165, 1.54) is 0 Å². The van der Waals surface area contributed by atoms with Gasteiger partial charge in [0.2, 0.25) is 0 Å². The van der Waals surface area contributed by atoms with Crippen LogP contribution in [0.2, 0.25) is 0 Å². The minimum atomic E-state index is -1.09. The zero-order valence-electron chi connectivity index (χ0n) is 9.42. The molecule has 0 aromatic rings. The highest BCUT2D eigenvalue weighted by Gasteiger charge is 2.59. The van der Waals surface area contributed by atoms with Crippen molar-refractivity contribution < 1.29 is 15.0 Å². The Hall–Kier alpha value is -0.570. The van der Waals surface area contributed by atoms with E-state index in [4.69, 9.17) is 5.11 Å². The molecule has 0 spiro atoms. The average molecular weight is 200 g/mol. The van der Waals surface area contributed by atoms with Crippen LogP contribution in [0.3, 0.4) is 0 Å². The molecule has 1 aliphatic carbocycles. The number of aliphatic hydroxyl groups is 1. The van der Waals surface area contributed by atoms with Crippen molar-refractivity contribution in [3.63, 3.8) is 0 Å². The van der Waals surface area contributed by atoms with Crippen molar-refractivity contribution in [3.05, 3.63) is 0 Å². The third-order valence-corrected chi connectivity index (χ3v) is 4.03. The molecule has 0 aromatic heterocycles. The Balaban J connectivity index is 3.12. The summed E-state index contributed by atoms with van der Waals surface area (Å²) < 4.78 is 0. The van der Waals surface area contributed by atoms with Crippen LogP contribution in [-0.2, 0) is 4.79 Å². The van der Waals surface area contributed by atoms with Gasteiger partial charge in [0.15, 0.2) is 0 Å². The normalized spacial score (nSPS) is 31.8. The molecule has 1 saturated carbocycles. The van der Waals surface area contributed by atoms with Crippen LogP contribution in [0, 0.1) is 10.8 Å². The largest absolute Gasteiger partial charge is 0.481 e. The van der Waals surface area contributed by atoms with Crippen molar-refractivity contribution >= 4 is 5.97 Å². The molecule has 1 atom stereocenters. The maximum Gasteiger partial charge on any atom is 0.312 e. The molecule has 3 heteroatoms. The van der Waals surface area contributed by atoms with E-state index >= 15 is 0 Å². The summed E-state index contributed by atoms with van der Waals surface area (Å²) in [4.78, 5) is 11.1. The van der Waals surface area contributed by atoms with E-state index in [9.17, 15) is 9.90 Å². The van der Waals surface area contributed by atoms with E-state index in [1.54, 1.807) is 13.8 Å². The van der Waals surface area contributed by atoms with E-state index in [1.807, 2.05) is 13.8 Å². The van der Waals surface area contributed by atoms with Gasteiger partial charge in [-0.15, -0.1) is 0 Å². The Kier molecular flexibility index (Phi) is 2.43. The van der Waals surface area contributed by atoms with Crippen molar-refractivity contribution in [1.82, 2.24) is 0 Å². The van der Waals surface area contributed by atoms with Gasteiger partial charge in [0.1, 0.15) is 0 Å². The fourth-order valence-electron chi connectivity index (χ4n) is 2.67. The van der Waals surface area contributed by atoms with Gasteiger partial charge >= 0.3 is 5.97 Å². The Morgan fingerprint density at radius 1 is 1.29 bits per heavy atom. The summed E-state index contributed by atoms with van der Waals surface area (Å²) in [6.07, 6.45) is 2.37. The summed E-state index contributed by atoms with van der Waals surface area (Å²) in [7, 11) is 0. The summed E-state index contributed by atoms with van der Waals surface area (Å²) in [5.74, 6) is -0.921. The van der Waals surface area contributed by atoms with Crippen LogP contribution in [0.25, 0.3) is 0 Å². The Morgan fingerprint density at radius 2 is 1.79 bits per heavy atom. The smallest absolute Gasteiger partial charge is 0.312 e. The van der Waals surface area contributed by atoms with Crippen molar-refractivity contribution in [2.75, 3.05) is 0 Å². The quantitative estimate of drug-likeness (QED) is 0.717. The number of carbonyl (C=O) groups is 1. The second kappa shape index (κ2) is 2.96. The predicted molar refractivity (Wildman–Crippen MR) is 54.0 cm³/mol. The lowest BCUT2D eigenvalue weighted by Gasteiger charge is -2.46. The third-order valence-electron chi connectivity index (χ3n) is 4.03. The first-order chi connectivity index (χ1) is 6.15. The van der Waals surface area contributed by atoms with Crippen LogP contribution in [0.1, 0.15) is 47.0 Å². The molecule has 1 unspecified atom stereocenters. The van der Waals surface area contributed by atoms with E-state index < -0.39 is 17.0 Å². The van der Waals surface area contributed by atoms with E-state index in [0.29, 0.717) is 6.42 Å². The summed E-state index contributed by atoms with van der Waals surface area (Å²) in [5, 5.41) is 19.7. The first-order valence-corrected chi connectivity index (χ1v) is 5.11. The lowest BCUT2D eigenvalue weighted by Crippen LogP contribution is -2.55. The van der Waals surface area contributed by atoms with Crippen LogP contribution in [-0.4, -0.2) is 21.8 Å². The van der Waals surface area contributed by atoms with Gasteiger partial charge in [-0.25, -0.2) is 0 Å². The summed E-state index contributed by atoms with van der Waals surface area (Å²) >= 11 is 0. The van der Waals surface area contributed by atoms with Crippen molar-refractivity contribution in [3.8, 4) is 0 Å². The van der Waals surface area contributed by atoms with Gasteiger partial charge in [0.25, 0.3) is 0 Å². The molecule has 2 N–H and O–H groups in total. The molecule has 0 bridgehead atoms. The summed E-state index contributed by atoms with van der Waals surface area (Å²) in [5.41, 5.74) is -2.48. The molecule has 14 heavy (non-hydrogen) atoms. The van der Waals surface area contributed by atoms with Crippen LogP contribution in [0.15, 0.2) is 0 Å². The molecule has 1 rings (SSSR count). The van der Waals surface area contributed by atoms with Gasteiger partial charge in [0, 0.05) is 0 Å². The SMILES string of the molecule is CC1(C)CCCC1(O)C(C)(C)C(=O)O. The fourth-order valence-corrected chi connectivity index (χ4v) is 2.67. The molecular weight excluding hydrogens is 180 g/mol. The fraction of sp³-hybridized carbons (Fsp3) is 0.909. The first-order valence-electron chi connectivity index (χ1n) is 5.11. The lowest BCUT2D eigenvalue weighted by atomic mass is 9.63. The standard InChI is InChI=1S/C11H20O3/c1-9(2)6-5-7-11(9,14)10(3,4)8(12)13/h14H,5-7H2,1-4H3,(H,12,13). The second-order valence-electron chi connectivity index (χ2n) is 5.53. The van der Waals surface area contributed by atoms with Crippen molar-refractivity contribution in [1.29, 1.82) is 0 Å². The number of carboxylic acid groups (broad SMARTS) is 1. The van der Waals surface area contributed by atoms with E-state index in [2.05, 4.69) is 0 Å². The summed E-state index contributed by atoms with van der Waals surface area (Å²) in [6, 6.07) is 0. The zero-order chi connectivity index (χ0) is 11.2. The number of hydrogen-bond acceptors (Lipinski definition) is 2. The highest BCUT2D eigenvalue weighted by molar-refractivity contribution is 5.75. The second-order valence-corrected chi connectivity index (χ2v) is 5.53. The zero-order valence-corrected chi connectivity index (χ0v) is 9.42. The van der Waals surface area contributed by atoms with Crippen molar-refractivity contribution in [2.24, 2.45) is 10.8 Å². The van der Waals surface area contributed by atoms with Crippen LogP contribution >= 0.6 is 0 Å². The first kappa shape index (κ1) is 11.5. The maximum absolute atomic E-state index is 11.1. The van der Waals surface area contributed by atoms with E-state index in [-0.39, 0.29) is 5.41 Å². The Bertz CT molecular complexity index is 255. The van der Waals surface area contributed by atoms with Crippen LogP contribution < -0.4 is 0 Å². The third kappa shape index (κ3) is 1.26. The highest BCUT2D eigenvalue weighted by Crippen LogP contribution is 2.54. The molecule has 1 fully saturated rings. The van der Waals surface area contributed by atoms with Gasteiger partial charge in [-0.05, 0) is 38.5 Å². The van der Waals surface area contributed by atoms with Gasteiger partial charge in [0.05, 0.1) is 11.0 Å². The van der Waals surface area contributed by atoms with Gasteiger partial charge in [-0.1, -0.05) is 13.8 Å². The number of hydrogen-bond donors (Lipinski definition) is 2. The molecule has 0 aliphatic heterocycles. The average Bonchev–Trinajstić information content (AvgIpc) is 2.27. The minimum absolute atomic E-state index is 0.311. The molecule has 0 radical (unpaired) electrons. The predicted octanol–water partition coefficient (Wildman–Crippen LogP) is 2.04. The number of aliphatic carboxylic acids is 1. The van der Waals surface area contributed by atoms with Gasteiger partial charge in [-0.3, -0.25) is 4.79 Å². The van der Waals surface area contributed by atoms with Gasteiger partial charge in [-0.2, -0.15) is 0 Å². The van der Waals surface area contributed by atoms with Gasteiger partial charge < -0.3 is 10.2 Å². The Labute approximate surface area is 85.1 Å². The number of carboxylic acids is 1. The molecule has 0 saturated heterocycles. The van der Waals surface area contributed by atoms with Crippen LogP contribution in [0.4, 0.5) is 0 Å². The van der Waals surface area contributed by atoms with Crippen LogP contribution in [0.5, 0.6) is 0 Å². The topological polar surface area (TPSA) is 57.5 Å². The molecule has 0 aromatic carbocycles. The monoisotopic (exact) mass is 200 g/mol. The highest BCUT2D eigenvalue weighted by atomic mass is 16.4.